The first-order valence-electron chi connectivity index (χ1n) is 5.94. The summed E-state index contributed by atoms with van der Waals surface area (Å²) >= 11 is 0. The zero-order chi connectivity index (χ0) is 13.5. The number of rotatable bonds is 7. The van der Waals surface area contributed by atoms with E-state index in [1.807, 2.05) is 0 Å². The molecule has 0 fully saturated rings. The molecule has 0 saturated heterocycles. The van der Waals surface area contributed by atoms with E-state index in [-0.39, 0.29) is 12.3 Å². The number of carbonyl (C=O) groups excluding carboxylic acids is 2. The lowest BCUT2D eigenvalue weighted by molar-refractivity contribution is -0.117. The molecule has 6 nitrogen and oxygen atoms in total. The Morgan fingerprint density at radius 3 is 2.56 bits per heavy atom. The molecule has 0 saturated carbocycles. The number of nitrogens with one attached hydrogen (secondary N) is 1. The number of hydrogen-bond acceptors (Lipinski definition) is 4. The van der Waals surface area contributed by atoms with Crippen molar-refractivity contribution in [3.63, 3.8) is 0 Å². The zero-order valence-electron chi connectivity index (χ0n) is 10.7. The Labute approximate surface area is 106 Å². The van der Waals surface area contributed by atoms with Crippen molar-refractivity contribution in [1.29, 1.82) is 0 Å². The first-order chi connectivity index (χ1) is 8.56. The second-order valence-electron chi connectivity index (χ2n) is 3.88. The van der Waals surface area contributed by atoms with Crippen LogP contribution in [0.4, 0.5) is 0 Å². The second-order valence-corrected chi connectivity index (χ2v) is 3.88. The SMILES string of the molecule is CCN(CC)Cc1ccc(C(=O)NCC(N)=O)o1. The minimum atomic E-state index is -0.585. The molecule has 0 atom stereocenters. The minimum Gasteiger partial charge on any atom is -0.455 e. The van der Waals surface area contributed by atoms with Gasteiger partial charge in [-0.2, -0.15) is 0 Å². The van der Waals surface area contributed by atoms with Crippen LogP contribution >= 0.6 is 0 Å². The molecule has 0 spiro atoms. The second kappa shape index (κ2) is 6.80. The van der Waals surface area contributed by atoms with E-state index in [9.17, 15) is 9.59 Å². The molecule has 18 heavy (non-hydrogen) atoms. The van der Waals surface area contributed by atoms with Gasteiger partial charge in [-0.25, -0.2) is 0 Å². The van der Waals surface area contributed by atoms with E-state index in [1.54, 1.807) is 12.1 Å². The molecule has 0 bridgehead atoms. The molecule has 1 rings (SSSR count). The predicted octanol–water partition coefficient (Wildman–Crippen LogP) is 0.337. The topological polar surface area (TPSA) is 88.6 Å². The number of amides is 2. The molecule has 0 radical (unpaired) electrons. The summed E-state index contributed by atoms with van der Waals surface area (Å²) in [6.45, 7) is 6.43. The van der Waals surface area contributed by atoms with Gasteiger partial charge in [0.1, 0.15) is 5.76 Å². The van der Waals surface area contributed by atoms with Crippen LogP contribution in [0.15, 0.2) is 16.5 Å². The summed E-state index contributed by atoms with van der Waals surface area (Å²) in [6.07, 6.45) is 0. The largest absolute Gasteiger partial charge is 0.455 e. The maximum atomic E-state index is 11.6. The smallest absolute Gasteiger partial charge is 0.287 e. The van der Waals surface area contributed by atoms with Crippen LogP contribution in [0, 0.1) is 0 Å². The number of nitrogens with zero attached hydrogens (tertiary/aromatic N) is 1. The fraction of sp³-hybridized carbons (Fsp3) is 0.500. The van der Waals surface area contributed by atoms with E-state index < -0.39 is 11.8 Å². The summed E-state index contributed by atoms with van der Waals surface area (Å²) in [5, 5.41) is 2.37. The van der Waals surface area contributed by atoms with Crippen LogP contribution in [0.2, 0.25) is 0 Å². The first-order valence-corrected chi connectivity index (χ1v) is 5.94. The molecule has 0 aliphatic rings. The molecule has 0 aromatic carbocycles. The molecule has 3 N–H and O–H groups in total. The molecule has 1 aromatic heterocycles. The Morgan fingerprint density at radius 2 is 2.00 bits per heavy atom. The summed E-state index contributed by atoms with van der Waals surface area (Å²) < 4.78 is 5.41. The van der Waals surface area contributed by atoms with Gasteiger partial charge < -0.3 is 15.5 Å². The minimum absolute atomic E-state index is 0.190. The van der Waals surface area contributed by atoms with Crippen molar-refractivity contribution >= 4 is 11.8 Å². The van der Waals surface area contributed by atoms with E-state index in [0.717, 1.165) is 18.8 Å². The van der Waals surface area contributed by atoms with Gasteiger partial charge in [-0.1, -0.05) is 13.8 Å². The molecule has 0 aliphatic carbocycles. The number of carbonyl (C=O) groups is 2. The third kappa shape index (κ3) is 4.21. The van der Waals surface area contributed by atoms with Gasteiger partial charge in [0.2, 0.25) is 5.91 Å². The lowest BCUT2D eigenvalue weighted by atomic mass is 10.3. The van der Waals surface area contributed by atoms with Crippen LogP contribution in [0.3, 0.4) is 0 Å². The van der Waals surface area contributed by atoms with E-state index in [4.69, 9.17) is 10.2 Å². The maximum Gasteiger partial charge on any atom is 0.287 e. The number of furan rings is 1. The Bertz CT molecular complexity index is 410. The van der Waals surface area contributed by atoms with Crippen LogP contribution in [-0.4, -0.2) is 36.3 Å². The molecule has 100 valence electrons. The van der Waals surface area contributed by atoms with E-state index in [0.29, 0.717) is 6.54 Å². The van der Waals surface area contributed by atoms with Crippen molar-refractivity contribution in [1.82, 2.24) is 10.2 Å². The predicted molar refractivity (Wildman–Crippen MR) is 66.9 cm³/mol. The van der Waals surface area contributed by atoms with E-state index >= 15 is 0 Å². The quantitative estimate of drug-likeness (QED) is 0.733. The summed E-state index contributed by atoms with van der Waals surface area (Å²) in [6, 6.07) is 3.35. The Morgan fingerprint density at radius 1 is 1.33 bits per heavy atom. The molecule has 1 aromatic rings. The molecule has 6 heteroatoms. The fourth-order valence-electron chi connectivity index (χ4n) is 1.51. The van der Waals surface area contributed by atoms with Crippen molar-refractivity contribution in [2.24, 2.45) is 5.73 Å². The summed E-state index contributed by atoms with van der Waals surface area (Å²) in [7, 11) is 0. The monoisotopic (exact) mass is 253 g/mol. The van der Waals surface area contributed by atoms with Gasteiger partial charge in [-0.05, 0) is 25.2 Å². The number of primary amides is 1. The fourth-order valence-corrected chi connectivity index (χ4v) is 1.51. The highest BCUT2D eigenvalue weighted by molar-refractivity contribution is 5.93. The lowest BCUT2D eigenvalue weighted by Crippen LogP contribution is -2.33. The van der Waals surface area contributed by atoms with Crippen LogP contribution < -0.4 is 11.1 Å². The Kier molecular flexibility index (Phi) is 5.38. The van der Waals surface area contributed by atoms with Crippen molar-refractivity contribution < 1.29 is 14.0 Å². The number of hydrogen-bond donors (Lipinski definition) is 2. The molecule has 1 heterocycles. The molecule has 2 amide bonds. The van der Waals surface area contributed by atoms with Crippen molar-refractivity contribution in [3.8, 4) is 0 Å². The first kappa shape index (κ1) is 14.2. The van der Waals surface area contributed by atoms with Crippen molar-refractivity contribution in [2.75, 3.05) is 19.6 Å². The van der Waals surface area contributed by atoms with Gasteiger partial charge in [0.25, 0.3) is 5.91 Å². The Balaban J connectivity index is 2.57. The Hall–Kier alpha value is -1.82. The average molecular weight is 253 g/mol. The van der Waals surface area contributed by atoms with Crippen molar-refractivity contribution in [2.45, 2.75) is 20.4 Å². The zero-order valence-corrected chi connectivity index (χ0v) is 10.7. The highest BCUT2D eigenvalue weighted by Gasteiger charge is 2.12. The van der Waals surface area contributed by atoms with Crippen LogP contribution in [0.25, 0.3) is 0 Å². The normalized spacial score (nSPS) is 10.6. The van der Waals surface area contributed by atoms with Crippen LogP contribution in [0.5, 0.6) is 0 Å². The van der Waals surface area contributed by atoms with Crippen molar-refractivity contribution in [3.05, 3.63) is 23.7 Å². The summed E-state index contributed by atoms with van der Waals surface area (Å²) in [5.41, 5.74) is 4.94. The third-order valence-corrected chi connectivity index (χ3v) is 2.58. The van der Waals surface area contributed by atoms with Gasteiger partial charge in [0.05, 0.1) is 13.1 Å². The van der Waals surface area contributed by atoms with Gasteiger partial charge >= 0.3 is 0 Å². The standard InChI is InChI=1S/C12H19N3O3/c1-3-15(4-2)8-9-5-6-10(18-9)12(17)14-7-11(13)16/h5-6H,3-4,7-8H2,1-2H3,(H2,13,16)(H,14,17). The average Bonchev–Trinajstić information content (AvgIpc) is 2.81. The lowest BCUT2D eigenvalue weighted by Gasteiger charge is -2.15. The third-order valence-electron chi connectivity index (χ3n) is 2.58. The van der Waals surface area contributed by atoms with Crippen LogP contribution in [-0.2, 0) is 11.3 Å². The van der Waals surface area contributed by atoms with Gasteiger partial charge in [0.15, 0.2) is 5.76 Å². The van der Waals surface area contributed by atoms with E-state index in [2.05, 4.69) is 24.1 Å². The van der Waals surface area contributed by atoms with Gasteiger partial charge in [0, 0.05) is 0 Å². The molecule has 0 aliphatic heterocycles. The van der Waals surface area contributed by atoms with Gasteiger partial charge in [-0.3, -0.25) is 14.5 Å². The van der Waals surface area contributed by atoms with Gasteiger partial charge in [-0.15, -0.1) is 0 Å². The van der Waals surface area contributed by atoms with Crippen LogP contribution in [0.1, 0.15) is 30.2 Å². The highest BCUT2D eigenvalue weighted by atomic mass is 16.4. The molecular formula is C12H19N3O3. The van der Waals surface area contributed by atoms with E-state index in [1.165, 1.54) is 0 Å². The number of nitrogens with two attached hydrogens (primary N) is 1. The molecule has 0 unspecified atom stereocenters. The summed E-state index contributed by atoms with van der Waals surface area (Å²) in [5.74, 6) is -0.0980. The highest BCUT2D eigenvalue weighted by Crippen LogP contribution is 2.10. The molecular weight excluding hydrogens is 234 g/mol. The maximum absolute atomic E-state index is 11.6. The summed E-state index contributed by atoms with van der Waals surface area (Å²) in [4.78, 5) is 24.3.